The number of benzene rings is 1. The Balaban J connectivity index is 2.21. The second-order valence-corrected chi connectivity index (χ2v) is 6.12. The summed E-state index contributed by atoms with van der Waals surface area (Å²) in [5.41, 5.74) is 4.84. The molecule has 2 heteroatoms. The van der Waals surface area contributed by atoms with Gasteiger partial charge < -0.3 is 10.2 Å². The molecule has 92 valence electrons. The van der Waals surface area contributed by atoms with Gasteiger partial charge in [-0.1, -0.05) is 32.0 Å². The molecule has 0 bridgehead atoms. The Hall–Kier alpha value is -1.02. The van der Waals surface area contributed by atoms with Gasteiger partial charge in [0.2, 0.25) is 0 Å². The summed E-state index contributed by atoms with van der Waals surface area (Å²) >= 11 is 0. The normalized spacial score (nSPS) is 26.3. The van der Waals surface area contributed by atoms with Gasteiger partial charge in [0.25, 0.3) is 0 Å². The van der Waals surface area contributed by atoms with Gasteiger partial charge in [-0.15, -0.1) is 0 Å². The van der Waals surface area contributed by atoms with E-state index >= 15 is 0 Å². The molecule has 1 N–H and O–H groups in total. The van der Waals surface area contributed by atoms with Gasteiger partial charge in [-0.05, 0) is 29.9 Å². The predicted molar refractivity (Wildman–Crippen MR) is 72.6 cm³/mol. The Bertz CT molecular complexity index is 437. The summed E-state index contributed by atoms with van der Waals surface area (Å²) in [4.78, 5) is 2.61. The van der Waals surface area contributed by atoms with E-state index in [4.69, 9.17) is 0 Å². The molecule has 0 saturated carbocycles. The summed E-state index contributed by atoms with van der Waals surface area (Å²) < 4.78 is 0. The number of nitrogens with zero attached hydrogens (tertiary/aromatic N) is 1. The Morgan fingerprint density at radius 3 is 3.00 bits per heavy atom. The average molecular weight is 230 g/mol. The van der Waals surface area contributed by atoms with E-state index in [-0.39, 0.29) is 0 Å². The van der Waals surface area contributed by atoms with E-state index in [1.165, 1.54) is 23.2 Å². The van der Waals surface area contributed by atoms with Crippen molar-refractivity contribution in [3.05, 3.63) is 29.3 Å². The molecule has 0 amide bonds. The number of rotatable bonds is 0. The predicted octanol–water partition coefficient (Wildman–Crippen LogP) is 2.67. The van der Waals surface area contributed by atoms with Gasteiger partial charge in [0.05, 0.1) is 0 Å². The van der Waals surface area contributed by atoms with Crippen molar-refractivity contribution in [2.75, 3.05) is 18.0 Å². The molecule has 0 aromatic heterocycles. The zero-order chi connectivity index (χ0) is 12.0. The van der Waals surface area contributed by atoms with Gasteiger partial charge in [-0.25, -0.2) is 0 Å². The van der Waals surface area contributed by atoms with Crippen molar-refractivity contribution in [3.8, 4) is 0 Å². The molecule has 2 aliphatic heterocycles. The number of hydrogen-bond acceptors (Lipinski definition) is 2. The minimum Gasteiger partial charge on any atom is -0.367 e. The molecule has 0 radical (unpaired) electrons. The lowest BCUT2D eigenvalue weighted by Crippen LogP contribution is -2.45. The summed E-state index contributed by atoms with van der Waals surface area (Å²) in [6.07, 6.45) is 1.25. The number of anilines is 1. The summed E-state index contributed by atoms with van der Waals surface area (Å²) in [6, 6.07) is 7.47. The fraction of sp³-hybridized carbons (Fsp3) is 0.600. The second kappa shape index (κ2) is 3.74. The quantitative estimate of drug-likeness (QED) is 0.737. The third-order valence-electron chi connectivity index (χ3n) is 4.32. The standard InChI is InChI=1S/C15H22N2/c1-11-9-15(2,3)13-6-4-5-12-10-16-7-8-17(11)14(12)13/h4-6,11,16H,7-10H2,1-3H3/t11-/m0/s1. The molecule has 0 spiro atoms. The Labute approximate surface area is 104 Å². The van der Waals surface area contributed by atoms with Crippen LogP contribution < -0.4 is 10.2 Å². The molecular weight excluding hydrogens is 208 g/mol. The summed E-state index contributed by atoms with van der Waals surface area (Å²) in [5.74, 6) is 0. The molecule has 2 heterocycles. The zero-order valence-corrected chi connectivity index (χ0v) is 11.1. The highest BCUT2D eigenvalue weighted by Crippen LogP contribution is 2.44. The first kappa shape index (κ1) is 11.1. The molecule has 2 nitrogen and oxygen atoms in total. The highest BCUT2D eigenvalue weighted by Gasteiger charge is 2.36. The highest BCUT2D eigenvalue weighted by molar-refractivity contribution is 5.65. The van der Waals surface area contributed by atoms with Crippen LogP contribution in [0.4, 0.5) is 5.69 Å². The van der Waals surface area contributed by atoms with Crippen LogP contribution in [0.25, 0.3) is 0 Å². The molecule has 1 aromatic carbocycles. The number of para-hydroxylation sites is 1. The van der Waals surface area contributed by atoms with E-state index in [2.05, 4.69) is 49.2 Å². The monoisotopic (exact) mass is 230 g/mol. The first-order chi connectivity index (χ1) is 8.09. The molecule has 17 heavy (non-hydrogen) atoms. The van der Waals surface area contributed by atoms with Crippen molar-refractivity contribution in [1.82, 2.24) is 5.32 Å². The first-order valence-electron chi connectivity index (χ1n) is 6.69. The Morgan fingerprint density at radius 2 is 2.18 bits per heavy atom. The van der Waals surface area contributed by atoms with Crippen LogP contribution in [0.15, 0.2) is 18.2 Å². The fourth-order valence-electron chi connectivity index (χ4n) is 3.55. The van der Waals surface area contributed by atoms with E-state index in [0.717, 1.165) is 19.6 Å². The molecule has 3 rings (SSSR count). The molecule has 1 atom stereocenters. The summed E-state index contributed by atoms with van der Waals surface area (Å²) in [5, 5.41) is 3.53. The molecule has 0 fully saturated rings. The summed E-state index contributed by atoms with van der Waals surface area (Å²) in [7, 11) is 0. The minimum atomic E-state index is 0.311. The van der Waals surface area contributed by atoms with Gasteiger partial charge in [-0.3, -0.25) is 0 Å². The molecule has 0 unspecified atom stereocenters. The van der Waals surface area contributed by atoms with Gasteiger partial charge in [0.15, 0.2) is 0 Å². The molecular formula is C15H22N2. The highest BCUT2D eigenvalue weighted by atomic mass is 15.2. The SMILES string of the molecule is C[C@H]1CC(C)(C)c2cccc3c2N1CCNC3. The number of hydrogen-bond donors (Lipinski definition) is 1. The second-order valence-electron chi connectivity index (χ2n) is 6.12. The van der Waals surface area contributed by atoms with E-state index in [1.54, 1.807) is 0 Å². The van der Waals surface area contributed by atoms with E-state index in [1.807, 2.05) is 0 Å². The van der Waals surface area contributed by atoms with Crippen LogP contribution in [0.3, 0.4) is 0 Å². The Kier molecular flexibility index (Phi) is 2.44. The molecule has 0 saturated heterocycles. The van der Waals surface area contributed by atoms with Crippen molar-refractivity contribution in [2.45, 2.75) is 45.2 Å². The Morgan fingerprint density at radius 1 is 1.35 bits per heavy atom. The molecule has 1 aromatic rings. The number of nitrogens with one attached hydrogen (secondary N) is 1. The largest absolute Gasteiger partial charge is 0.367 e. The van der Waals surface area contributed by atoms with E-state index < -0.39 is 0 Å². The van der Waals surface area contributed by atoms with Crippen LogP contribution in [0, 0.1) is 0 Å². The van der Waals surface area contributed by atoms with Crippen molar-refractivity contribution < 1.29 is 0 Å². The van der Waals surface area contributed by atoms with E-state index in [9.17, 15) is 0 Å². The third-order valence-corrected chi connectivity index (χ3v) is 4.32. The van der Waals surface area contributed by atoms with Crippen LogP contribution in [0.2, 0.25) is 0 Å². The lowest BCUT2D eigenvalue weighted by Gasteiger charge is -2.45. The van der Waals surface area contributed by atoms with Gasteiger partial charge in [0, 0.05) is 31.4 Å². The maximum atomic E-state index is 3.53. The van der Waals surface area contributed by atoms with Crippen molar-refractivity contribution in [2.24, 2.45) is 0 Å². The van der Waals surface area contributed by atoms with Crippen molar-refractivity contribution in [1.29, 1.82) is 0 Å². The molecule has 0 aliphatic carbocycles. The van der Waals surface area contributed by atoms with Crippen LogP contribution in [-0.4, -0.2) is 19.1 Å². The van der Waals surface area contributed by atoms with Crippen LogP contribution in [-0.2, 0) is 12.0 Å². The van der Waals surface area contributed by atoms with Gasteiger partial charge in [-0.2, -0.15) is 0 Å². The topological polar surface area (TPSA) is 15.3 Å². The maximum absolute atomic E-state index is 3.53. The van der Waals surface area contributed by atoms with Crippen LogP contribution in [0.1, 0.15) is 38.3 Å². The fourth-order valence-corrected chi connectivity index (χ4v) is 3.55. The van der Waals surface area contributed by atoms with Crippen molar-refractivity contribution in [3.63, 3.8) is 0 Å². The van der Waals surface area contributed by atoms with Crippen LogP contribution in [0.5, 0.6) is 0 Å². The molecule has 2 aliphatic rings. The van der Waals surface area contributed by atoms with Crippen LogP contribution >= 0.6 is 0 Å². The lowest BCUT2D eigenvalue weighted by molar-refractivity contribution is 0.396. The van der Waals surface area contributed by atoms with Gasteiger partial charge in [0.1, 0.15) is 0 Å². The lowest BCUT2D eigenvalue weighted by atomic mass is 9.74. The zero-order valence-electron chi connectivity index (χ0n) is 11.1. The van der Waals surface area contributed by atoms with Crippen molar-refractivity contribution >= 4 is 5.69 Å². The van der Waals surface area contributed by atoms with E-state index in [0.29, 0.717) is 11.5 Å². The minimum absolute atomic E-state index is 0.311. The first-order valence-corrected chi connectivity index (χ1v) is 6.69. The third kappa shape index (κ3) is 1.66. The smallest absolute Gasteiger partial charge is 0.0452 e. The maximum Gasteiger partial charge on any atom is 0.0452 e. The van der Waals surface area contributed by atoms with Gasteiger partial charge >= 0.3 is 0 Å². The summed E-state index contributed by atoms with van der Waals surface area (Å²) in [6.45, 7) is 10.4. The average Bonchev–Trinajstić information content (AvgIpc) is 2.48.